The zero-order valence-electron chi connectivity index (χ0n) is 13.0. The second-order valence-electron chi connectivity index (χ2n) is 5.43. The summed E-state index contributed by atoms with van der Waals surface area (Å²) < 4.78 is 15.6. The van der Waals surface area contributed by atoms with E-state index in [9.17, 15) is 9.59 Å². The van der Waals surface area contributed by atoms with E-state index in [0.717, 1.165) is 0 Å². The van der Waals surface area contributed by atoms with Crippen molar-refractivity contribution in [1.82, 2.24) is 4.90 Å². The van der Waals surface area contributed by atoms with Crippen LogP contribution in [-0.2, 0) is 4.74 Å². The lowest BCUT2D eigenvalue weighted by atomic mass is 10.3. The maximum atomic E-state index is 12.4. The Morgan fingerprint density at radius 1 is 1.33 bits per heavy atom. The van der Waals surface area contributed by atoms with Gasteiger partial charge in [-0.3, -0.25) is 4.79 Å². The number of halogens is 1. The van der Waals surface area contributed by atoms with Crippen LogP contribution in [-0.4, -0.2) is 43.1 Å². The van der Waals surface area contributed by atoms with Gasteiger partial charge in [0.1, 0.15) is 18.1 Å². The Balaban J connectivity index is 1.61. The number of carbonyl (C=O) groups is 2. The van der Waals surface area contributed by atoms with E-state index >= 15 is 0 Å². The van der Waals surface area contributed by atoms with E-state index in [1.807, 2.05) is 12.1 Å². The Morgan fingerprint density at radius 2 is 2.17 bits per heavy atom. The summed E-state index contributed by atoms with van der Waals surface area (Å²) in [6, 6.07) is 8.54. The van der Waals surface area contributed by atoms with Gasteiger partial charge in [0.05, 0.1) is 19.2 Å². The summed E-state index contributed by atoms with van der Waals surface area (Å²) >= 11 is 5.93. The number of nitrogens with zero attached hydrogens (tertiary/aromatic N) is 1. The summed E-state index contributed by atoms with van der Waals surface area (Å²) in [4.78, 5) is 25.5. The second-order valence-corrected chi connectivity index (χ2v) is 5.86. The highest BCUT2D eigenvalue weighted by Crippen LogP contribution is 2.23. The molecule has 24 heavy (non-hydrogen) atoms. The topological polar surface area (TPSA) is 69.0 Å². The van der Waals surface area contributed by atoms with Gasteiger partial charge >= 0.3 is 5.97 Å². The molecule has 1 unspecified atom stereocenters. The largest absolute Gasteiger partial charge is 0.488 e. The molecule has 1 aliphatic rings. The third-order valence-corrected chi connectivity index (χ3v) is 4.00. The van der Waals surface area contributed by atoms with E-state index in [1.54, 1.807) is 17.0 Å². The number of likely N-dealkylation sites (tertiary alicyclic amines) is 1. The summed E-state index contributed by atoms with van der Waals surface area (Å²) in [7, 11) is 1.27. The zero-order chi connectivity index (χ0) is 17.1. The molecule has 2 heterocycles. The third kappa shape index (κ3) is 3.54. The summed E-state index contributed by atoms with van der Waals surface area (Å²) in [6.45, 7) is 0.998. The summed E-state index contributed by atoms with van der Waals surface area (Å²) in [6.07, 6.45) is 1.82. The molecule has 126 valence electrons. The Morgan fingerprint density at radius 3 is 2.92 bits per heavy atom. The molecular weight excluding hydrogens is 334 g/mol. The van der Waals surface area contributed by atoms with Gasteiger partial charge in [-0.2, -0.15) is 0 Å². The SMILES string of the molecule is COC(=O)c1coc(C(=O)N2CCC(Oc3cccc(Cl)c3)C2)c1. The lowest BCUT2D eigenvalue weighted by Gasteiger charge is -2.16. The number of hydrogen-bond acceptors (Lipinski definition) is 5. The lowest BCUT2D eigenvalue weighted by Crippen LogP contribution is -2.30. The maximum absolute atomic E-state index is 12.4. The van der Waals surface area contributed by atoms with Crippen LogP contribution in [0.2, 0.25) is 5.02 Å². The number of hydrogen-bond donors (Lipinski definition) is 0. The van der Waals surface area contributed by atoms with Crippen LogP contribution >= 0.6 is 11.6 Å². The zero-order valence-corrected chi connectivity index (χ0v) is 13.8. The number of ether oxygens (including phenoxy) is 2. The normalized spacial score (nSPS) is 16.9. The predicted octanol–water partition coefficient (Wildman–Crippen LogP) is 3.01. The Hall–Kier alpha value is -2.47. The molecule has 3 rings (SSSR count). The first kappa shape index (κ1) is 16.4. The van der Waals surface area contributed by atoms with Crippen LogP contribution in [0, 0.1) is 0 Å². The van der Waals surface area contributed by atoms with Gasteiger partial charge in [-0.05, 0) is 18.2 Å². The third-order valence-electron chi connectivity index (χ3n) is 3.76. The van der Waals surface area contributed by atoms with E-state index < -0.39 is 5.97 Å². The Labute approximate surface area is 143 Å². The summed E-state index contributed by atoms with van der Waals surface area (Å²) in [5, 5.41) is 0.601. The molecule has 1 saturated heterocycles. The molecule has 1 atom stereocenters. The summed E-state index contributed by atoms with van der Waals surface area (Å²) in [5.41, 5.74) is 0.215. The molecule has 7 heteroatoms. The van der Waals surface area contributed by atoms with Crippen molar-refractivity contribution in [3.05, 3.63) is 52.9 Å². The number of amides is 1. The minimum Gasteiger partial charge on any atom is -0.488 e. The molecule has 0 saturated carbocycles. The fourth-order valence-electron chi connectivity index (χ4n) is 2.57. The average molecular weight is 350 g/mol. The molecule has 1 aliphatic heterocycles. The summed E-state index contributed by atoms with van der Waals surface area (Å²) in [5.74, 6) is -0.0321. The van der Waals surface area contributed by atoms with Crippen molar-refractivity contribution in [2.24, 2.45) is 0 Å². The Kier molecular flexibility index (Phi) is 4.76. The van der Waals surface area contributed by atoms with E-state index in [1.165, 1.54) is 19.4 Å². The van der Waals surface area contributed by atoms with Gasteiger partial charge in [0, 0.05) is 24.1 Å². The fourth-order valence-corrected chi connectivity index (χ4v) is 2.75. The molecular formula is C17H16ClNO5. The van der Waals surface area contributed by atoms with Crippen LogP contribution in [0.1, 0.15) is 27.3 Å². The number of rotatable bonds is 4. The lowest BCUT2D eigenvalue weighted by molar-refractivity contribution is 0.0599. The van der Waals surface area contributed by atoms with Crippen molar-refractivity contribution in [2.75, 3.05) is 20.2 Å². The highest BCUT2D eigenvalue weighted by Gasteiger charge is 2.30. The molecule has 0 spiro atoms. The van der Waals surface area contributed by atoms with Crippen LogP contribution in [0.25, 0.3) is 0 Å². The monoisotopic (exact) mass is 349 g/mol. The van der Waals surface area contributed by atoms with Crippen LogP contribution in [0.4, 0.5) is 0 Å². The molecule has 0 aliphatic carbocycles. The molecule has 6 nitrogen and oxygen atoms in total. The maximum Gasteiger partial charge on any atom is 0.341 e. The first-order valence-corrected chi connectivity index (χ1v) is 7.83. The van der Waals surface area contributed by atoms with Crippen LogP contribution in [0.3, 0.4) is 0 Å². The quantitative estimate of drug-likeness (QED) is 0.794. The fraction of sp³-hybridized carbons (Fsp3) is 0.294. The second kappa shape index (κ2) is 6.97. The molecule has 0 radical (unpaired) electrons. The molecule has 0 N–H and O–H groups in total. The van der Waals surface area contributed by atoms with E-state index in [2.05, 4.69) is 4.74 Å². The molecule has 1 fully saturated rings. The smallest absolute Gasteiger partial charge is 0.341 e. The van der Waals surface area contributed by atoms with E-state index in [0.29, 0.717) is 30.3 Å². The minimum absolute atomic E-state index is 0.109. The molecule has 1 aromatic carbocycles. The Bertz CT molecular complexity index is 757. The standard InChI is InChI=1S/C17H16ClNO5/c1-22-17(21)11-7-15(23-10-11)16(20)19-6-5-14(9-19)24-13-4-2-3-12(18)8-13/h2-4,7-8,10,14H,5-6,9H2,1H3. The first-order valence-electron chi connectivity index (χ1n) is 7.45. The van der Waals surface area contributed by atoms with E-state index in [4.69, 9.17) is 20.8 Å². The molecule has 0 bridgehead atoms. The highest BCUT2D eigenvalue weighted by atomic mass is 35.5. The van der Waals surface area contributed by atoms with Gasteiger partial charge in [0.2, 0.25) is 0 Å². The molecule has 1 aromatic heterocycles. The number of carbonyl (C=O) groups excluding carboxylic acids is 2. The van der Waals surface area contributed by atoms with Gasteiger partial charge in [0.25, 0.3) is 5.91 Å². The van der Waals surface area contributed by atoms with E-state index in [-0.39, 0.29) is 23.3 Å². The van der Waals surface area contributed by atoms with Crippen molar-refractivity contribution in [2.45, 2.75) is 12.5 Å². The van der Waals surface area contributed by atoms with Gasteiger partial charge in [-0.15, -0.1) is 0 Å². The number of methoxy groups -OCH3 is 1. The van der Waals surface area contributed by atoms with Gasteiger partial charge in [-0.25, -0.2) is 4.79 Å². The minimum atomic E-state index is -0.540. The average Bonchev–Trinajstić information content (AvgIpc) is 3.23. The predicted molar refractivity (Wildman–Crippen MR) is 86.4 cm³/mol. The highest BCUT2D eigenvalue weighted by molar-refractivity contribution is 6.30. The van der Waals surface area contributed by atoms with Crippen molar-refractivity contribution in [3.63, 3.8) is 0 Å². The molecule has 1 amide bonds. The number of furan rings is 1. The first-order chi connectivity index (χ1) is 11.6. The van der Waals surface area contributed by atoms with Crippen molar-refractivity contribution < 1.29 is 23.5 Å². The van der Waals surface area contributed by atoms with Crippen LogP contribution < -0.4 is 4.74 Å². The van der Waals surface area contributed by atoms with Crippen LogP contribution in [0.15, 0.2) is 41.0 Å². The van der Waals surface area contributed by atoms with Crippen molar-refractivity contribution in [1.29, 1.82) is 0 Å². The molecule has 2 aromatic rings. The van der Waals surface area contributed by atoms with Gasteiger partial charge in [-0.1, -0.05) is 17.7 Å². The van der Waals surface area contributed by atoms with Gasteiger partial charge < -0.3 is 18.8 Å². The van der Waals surface area contributed by atoms with Crippen molar-refractivity contribution >= 4 is 23.5 Å². The van der Waals surface area contributed by atoms with Crippen molar-refractivity contribution in [3.8, 4) is 5.75 Å². The van der Waals surface area contributed by atoms with Crippen LogP contribution in [0.5, 0.6) is 5.75 Å². The van der Waals surface area contributed by atoms with Gasteiger partial charge in [0.15, 0.2) is 5.76 Å². The number of esters is 1. The number of benzene rings is 1.